The normalized spacial score (nSPS) is 10.9. The Labute approximate surface area is 199 Å². The van der Waals surface area contributed by atoms with Crippen molar-refractivity contribution in [1.29, 1.82) is 5.26 Å². The van der Waals surface area contributed by atoms with Gasteiger partial charge in [0.15, 0.2) is 0 Å². The first-order chi connectivity index (χ1) is 16.7. The van der Waals surface area contributed by atoms with Crippen molar-refractivity contribution in [2.75, 3.05) is 14.2 Å². The van der Waals surface area contributed by atoms with E-state index < -0.39 is 0 Å². The van der Waals surface area contributed by atoms with Gasteiger partial charge in [0.1, 0.15) is 17.6 Å². The first-order valence-electron chi connectivity index (χ1n) is 10.9. The van der Waals surface area contributed by atoms with Gasteiger partial charge in [0.05, 0.1) is 38.5 Å². The van der Waals surface area contributed by atoms with Crippen LogP contribution in [0.25, 0.3) is 23.3 Å². The van der Waals surface area contributed by atoms with Gasteiger partial charge in [0.25, 0.3) is 0 Å². The second kappa shape index (κ2) is 10.6. The van der Waals surface area contributed by atoms with Crippen LogP contribution in [0.4, 0.5) is 0 Å². The fourth-order valence-electron chi connectivity index (χ4n) is 4.05. The van der Waals surface area contributed by atoms with E-state index in [9.17, 15) is 10.4 Å². The molecule has 34 heavy (non-hydrogen) atoms. The van der Waals surface area contributed by atoms with E-state index in [1.54, 1.807) is 14.2 Å². The van der Waals surface area contributed by atoms with Gasteiger partial charge in [-0.15, -0.1) is 0 Å². The molecule has 0 saturated carbocycles. The van der Waals surface area contributed by atoms with Crippen molar-refractivity contribution in [2.45, 2.75) is 13.2 Å². The summed E-state index contributed by atoms with van der Waals surface area (Å²) in [5.74, 6) is 1.38. The molecule has 1 N–H and O–H groups in total. The quantitative estimate of drug-likeness (QED) is 0.347. The van der Waals surface area contributed by atoms with Crippen LogP contribution in [0.2, 0.25) is 0 Å². The molecule has 0 amide bonds. The van der Waals surface area contributed by atoms with Crippen LogP contribution in [0.3, 0.4) is 0 Å². The van der Waals surface area contributed by atoms with E-state index in [4.69, 9.17) is 9.47 Å². The average Bonchev–Trinajstić information content (AvgIpc) is 3.35. The molecule has 3 aromatic carbocycles. The van der Waals surface area contributed by atoms with E-state index in [0.29, 0.717) is 23.6 Å². The minimum Gasteiger partial charge on any atom is -0.496 e. The van der Waals surface area contributed by atoms with Crippen molar-refractivity contribution in [3.05, 3.63) is 107 Å². The number of methoxy groups -OCH3 is 2. The second-order valence-electron chi connectivity index (χ2n) is 7.77. The summed E-state index contributed by atoms with van der Waals surface area (Å²) >= 11 is 0. The van der Waals surface area contributed by atoms with E-state index in [1.807, 2.05) is 95.7 Å². The minimum atomic E-state index is -0.0400. The maximum absolute atomic E-state index is 9.88. The van der Waals surface area contributed by atoms with Crippen LogP contribution in [0.15, 0.2) is 79.0 Å². The van der Waals surface area contributed by atoms with Gasteiger partial charge in [-0.25, -0.2) is 0 Å². The highest BCUT2D eigenvalue weighted by Crippen LogP contribution is 2.33. The Balaban J connectivity index is 1.70. The molecule has 0 atom stereocenters. The number of benzene rings is 3. The molecule has 0 bridgehead atoms. The van der Waals surface area contributed by atoms with Gasteiger partial charge in [-0.2, -0.15) is 5.26 Å². The summed E-state index contributed by atoms with van der Waals surface area (Å²) in [5, 5.41) is 19.5. The predicted octanol–water partition coefficient (Wildman–Crippen LogP) is 5.75. The van der Waals surface area contributed by atoms with Gasteiger partial charge in [0, 0.05) is 17.5 Å². The fourth-order valence-corrected chi connectivity index (χ4v) is 4.05. The summed E-state index contributed by atoms with van der Waals surface area (Å²) in [4.78, 5) is 0. The molecular weight excluding hydrogens is 424 g/mol. The predicted molar refractivity (Wildman–Crippen MR) is 135 cm³/mol. The van der Waals surface area contributed by atoms with Crippen molar-refractivity contribution < 1.29 is 14.6 Å². The molecule has 0 aliphatic heterocycles. The molecule has 5 heteroatoms. The monoisotopic (exact) mass is 450 g/mol. The third kappa shape index (κ3) is 4.73. The van der Waals surface area contributed by atoms with E-state index in [0.717, 1.165) is 33.5 Å². The Morgan fingerprint density at radius 3 is 2.29 bits per heavy atom. The van der Waals surface area contributed by atoms with Crippen LogP contribution in [0.5, 0.6) is 11.5 Å². The molecule has 4 aromatic rings. The van der Waals surface area contributed by atoms with Gasteiger partial charge in [0.2, 0.25) is 0 Å². The third-order valence-corrected chi connectivity index (χ3v) is 5.79. The SMILES string of the molecule is COc1cc(C=Cc2cccc(-c3ccccc3)c2C#N)cc(OC)c1Cn1cccc1CO. The average molecular weight is 451 g/mol. The van der Waals surface area contributed by atoms with Gasteiger partial charge < -0.3 is 19.1 Å². The number of nitriles is 1. The highest BCUT2D eigenvalue weighted by atomic mass is 16.5. The first-order valence-corrected chi connectivity index (χ1v) is 10.9. The van der Waals surface area contributed by atoms with Crippen LogP contribution in [0.1, 0.15) is 27.9 Å². The zero-order valence-electron chi connectivity index (χ0n) is 19.2. The standard InChI is InChI=1S/C29H26N2O3/c1-33-28-16-21(17-29(34-2)27(28)19-31-15-7-11-24(31)20-32)13-14-23-10-6-12-25(26(23)18-30)22-8-4-3-5-9-22/h3-17,32H,19-20H2,1-2H3. The molecule has 0 aliphatic carbocycles. The molecule has 0 spiro atoms. The smallest absolute Gasteiger partial charge is 0.128 e. The molecule has 0 aliphatic rings. The maximum atomic E-state index is 9.88. The summed E-state index contributed by atoms with van der Waals surface area (Å²) < 4.78 is 13.3. The number of rotatable bonds is 8. The molecule has 0 saturated heterocycles. The van der Waals surface area contributed by atoms with Gasteiger partial charge >= 0.3 is 0 Å². The lowest BCUT2D eigenvalue weighted by molar-refractivity contribution is 0.271. The van der Waals surface area contributed by atoms with Crippen molar-refractivity contribution in [1.82, 2.24) is 4.57 Å². The first kappa shape index (κ1) is 22.9. The number of hydrogen-bond acceptors (Lipinski definition) is 4. The van der Waals surface area contributed by atoms with Gasteiger partial charge in [-0.1, -0.05) is 60.7 Å². The lowest BCUT2D eigenvalue weighted by atomic mass is 9.95. The summed E-state index contributed by atoms with van der Waals surface area (Å²) in [6, 6.07) is 25.8. The summed E-state index contributed by atoms with van der Waals surface area (Å²) in [6.45, 7) is 0.471. The van der Waals surface area contributed by atoms with E-state index in [-0.39, 0.29) is 6.61 Å². The lowest BCUT2D eigenvalue weighted by Gasteiger charge is -2.16. The number of nitrogens with zero attached hydrogens (tertiary/aromatic N) is 2. The van der Waals surface area contributed by atoms with Gasteiger partial charge in [-0.3, -0.25) is 0 Å². The molecule has 1 heterocycles. The van der Waals surface area contributed by atoms with E-state index >= 15 is 0 Å². The summed E-state index contributed by atoms with van der Waals surface area (Å²) in [5.41, 5.74) is 5.97. The zero-order valence-corrected chi connectivity index (χ0v) is 19.2. The van der Waals surface area contributed by atoms with Crippen molar-refractivity contribution in [3.63, 3.8) is 0 Å². The van der Waals surface area contributed by atoms with Gasteiger partial charge in [-0.05, 0) is 41.0 Å². The van der Waals surface area contributed by atoms with Crippen LogP contribution < -0.4 is 9.47 Å². The Morgan fingerprint density at radius 2 is 1.65 bits per heavy atom. The number of aliphatic hydroxyl groups excluding tert-OH is 1. The van der Waals surface area contributed by atoms with E-state index in [2.05, 4.69) is 6.07 Å². The Morgan fingerprint density at radius 1 is 0.912 bits per heavy atom. The third-order valence-electron chi connectivity index (χ3n) is 5.79. The minimum absolute atomic E-state index is 0.0400. The largest absolute Gasteiger partial charge is 0.496 e. The number of aliphatic hydroxyl groups is 1. The second-order valence-corrected chi connectivity index (χ2v) is 7.77. The van der Waals surface area contributed by atoms with Crippen molar-refractivity contribution in [3.8, 4) is 28.7 Å². The Bertz CT molecular complexity index is 1320. The van der Waals surface area contributed by atoms with E-state index in [1.165, 1.54) is 0 Å². The van der Waals surface area contributed by atoms with Crippen molar-refractivity contribution in [2.24, 2.45) is 0 Å². The van der Waals surface area contributed by atoms with Crippen molar-refractivity contribution >= 4 is 12.2 Å². The lowest BCUT2D eigenvalue weighted by Crippen LogP contribution is -2.06. The topological polar surface area (TPSA) is 67.4 Å². The number of hydrogen-bond donors (Lipinski definition) is 1. The van der Waals surface area contributed by atoms with Crippen LogP contribution >= 0.6 is 0 Å². The Kier molecular flexibility index (Phi) is 7.12. The number of ether oxygens (including phenoxy) is 2. The molecule has 1 aromatic heterocycles. The highest BCUT2D eigenvalue weighted by molar-refractivity contribution is 5.80. The molecule has 170 valence electrons. The fraction of sp³-hybridized carbons (Fsp3) is 0.138. The van der Waals surface area contributed by atoms with Crippen LogP contribution in [-0.2, 0) is 13.2 Å². The highest BCUT2D eigenvalue weighted by Gasteiger charge is 2.14. The van der Waals surface area contributed by atoms with Crippen LogP contribution in [-0.4, -0.2) is 23.9 Å². The molecule has 0 fully saturated rings. The number of aromatic nitrogens is 1. The maximum Gasteiger partial charge on any atom is 0.128 e. The Hall–Kier alpha value is -4.27. The molecule has 0 unspecified atom stereocenters. The summed E-state index contributed by atoms with van der Waals surface area (Å²) in [6.07, 6.45) is 5.81. The molecule has 0 radical (unpaired) electrons. The zero-order chi connectivity index (χ0) is 23.9. The molecular formula is C29H26N2O3. The summed E-state index contributed by atoms with van der Waals surface area (Å²) in [7, 11) is 3.26. The molecule has 5 nitrogen and oxygen atoms in total. The molecule has 4 rings (SSSR count). The van der Waals surface area contributed by atoms with Crippen LogP contribution in [0, 0.1) is 11.3 Å².